The summed E-state index contributed by atoms with van der Waals surface area (Å²) in [6, 6.07) is 38.0. The van der Waals surface area contributed by atoms with E-state index in [2.05, 4.69) is 77.7 Å². The smallest absolute Gasteiger partial charge is 0.311 e. The number of benzene rings is 5. The summed E-state index contributed by atoms with van der Waals surface area (Å²) in [4.78, 5) is 44.3. The second-order valence-corrected chi connectivity index (χ2v) is 20.0. The van der Waals surface area contributed by atoms with Crippen LogP contribution in [0.15, 0.2) is 121 Å². The van der Waals surface area contributed by atoms with Crippen LogP contribution in [-0.2, 0) is 38.3 Å². The molecule has 0 amide bonds. The largest absolute Gasteiger partial charge is 0.376 e. The molecule has 0 saturated heterocycles. The van der Waals surface area contributed by atoms with Crippen LogP contribution in [0.1, 0.15) is 166 Å². The quantitative estimate of drug-likeness (QED) is 0.0632. The normalized spacial score (nSPS) is 20.6. The predicted octanol–water partition coefficient (Wildman–Crippen LogP) is 14.6. The first-order valence-corrected chi connectivity index (χ1v) is 27.4. The van der Waals surface area contributed by atoms with E-state index in [1.54, 1.807) is 49.6 Å². The Bertz CT molecular complexity index is 3490. The minimum atomic E-state index is -3.10. The van der Waals surface area contributed by atoms with Crippen LogP contribution in [0.25, 0.3) is 0 Å². The molecule has 85 heavy (non-hydrogen) atoms. The molecular weight excluding hydrogens is 1840 g/mol. The van der Waals surface area contributed by atoms with Crippen LogP contribution in [0, 0.1) is 71.0 Å². The summed E-state index contributed by atoms with van der Waals surface area (Å²) in [5.41, 5.74) is 8.75. The van der Waals surface area contributed by atoms with Crippen LogP contribution in [-0.4, -0.2) is 61.7 Å². The second kappa shape index (κ2) is 33.7. The van der Waals surface area contributed by atoms with Crippen molar-refractivity contribution >= 4 is 24.1 Å². The molecule has 469 valence electrons. The monoisotopic (exact) mass is 1910 g/mol. The summed E-state index contributed by atoms with van der Waals surface area (Å²) in [5, 5.41) is 0. The third-order valence-electron chi connectivity index (χ3n) is 14.1. The van der Waals surface area contributed by atoms with Crippen LogP contribution in [0.2, 0.25) is 0 Å². The summed E-state index contributed by atoms with van der Waals surface area (Å²) < 4.78 is 112. The molecule has 5 atom stereocenters. The van der Waals surface area contributed by atoms with E-state index in [9.17, 15) is 45.5 Å². The number of rotatable bonds is 9. The Morgan fingerprint density at radius 1 is 0.624 bits per heavy atom. The number of carbonyl (C=O) groups is 4. The third kappa shape index (κ3) is 21.2. The number of ketones is 2. The van der Waals surface area contributed by atoms with Crippen molar-refractivity contribution in [1.29, 1.82) is 0 Å². The van der Waals surface area contributed by atoms with Crippen LogP contribution >= 0.6 is 0 Å². The van der Waals surface area contributed by atoms with Gasteiger partial charge in [-0.1, -0.05) is 151 Å². The minimum Gasteiger partial charge on any atom is -0.376 e. The molecule has 5 aromatic carbocycles. The molecule has 5 aliphatic rings. The summed E-state index contributed by atoms with van der Waals surface area (Å²) in [6.07, 6.45) is 3.50. The fraction of sp³-hybridized carbons (Fsp3) is 0.371. The standard InChI is InChI=1S/C17H18F2O.C17H14O.C16H10O.C10H12F2O2.C10H12F2O.3Lr/c1-13(20)15-9-7-14(8-10-15)12-16-6-4-2-3-5-11-17(16,18)19;1-18-17-12-15-8-3-2-6-13(15)10-11-14-7-4-5-9-16(14)17;17-16-11-14-7-2-1-5-12(14)9-10-13-6-3-4-8-15(13)16;11-10(12)5-2-1-3-9(4-6-10)14-8-7-13;11-10(12)7-4-2-1-3-5-9(10)6-8-13;;;/h7-10,16H,2-4,6,12H2,1H3;2-9,17H,12H2,1H3;1-8H,11H2;7,9H,1,3-4,6,8H2;8-9H,1-3,5-6H2;;;/i;;11D;7D;8D;;;. The molecule has 5 aliphatic carbocycles. The molecule has 0 aromatic heterocycles. The molecule has 3 radical (unpaired) electrons. The number of alkyl halides is 6. The zero-order valence-electron chi connectivity index (χ0n) is 49.7. The molecule has 15 heteroatoms. The van der Waals surface area contributed by atoms with Gasteiger partial charge in [0.15, 0.2) is 11.6 Å². The molecule has 0 aliphatic heterocycles. The van der Waals surface area contributed by atoms with Gasteiger partial charge in [0.2, 0.25) is 0 Å². The van der Waals surface area contributed by atoms with Crippen molar-refractivity contribution in [3.8, 4) is 59.2 Å². The second-order valence-electron chi connectivity index (χ2n) is 20.0. The molecule has 0 fully saturated rings. The molecule has 0 saturated carbocycles. The van der Waals surface area contributed by atoms with Gasteiger partial charge < -0.3 is 19.1 Å². The van der Waals surface area contributed by atoms with Gasteiger partial charge in [0.1, 0.15) is 21.9 Å². The van der Waals surface area contributed by atoms with Crippen molar-refractivity contribution in [2.24, 2.45) is 11.8 Å². The van der Waals surface area contributed by atoms with Gasteiger partial charge in [-0.05, 0) is 116 Å². The minimum absolute atomic E-state index is 0. The van der Waals surface area contributed by atoms with Gasteiger partial charge >= 0.3 is 17.8 Å². The number of carbonyl (C=O) groups excluding carboxylic acids is 4. The molecule has 0 heterocycles. The van der Waals surface area contributed by atoms with Gasteiger partial charge in [-0.15, -0.1) is 0 Å². The Balaban J connectivity index is 0.000000287. The van der Waals surface area contributed by atoms with Crippen molar-refractivity contribution in [2.75, 3.05) is 13.7 Å². The number of hydrogen-bond donors (Lipinski definition) is 0. The first-order valence-electron chi connectivity index (χ1n) is 29.0. The van der Waals surface area contributed by atoms with Gasteiger partial charge in [0, 0.05) is 98.6 Å². The molecule has 5 aromatic rings. The maximum atomic E-state index is 14.0. The fourth-order valence-electron chi connectivity index (χ4n) is 9.41. The van der Waals surface area contributed by atoms with Crippen LogP contribution in [0.5, 0.6) is 0 Å². The predicted molar refractivity (Wildman–Crippen MR) is 306 cm³/mol. The topological polar surface area (TPSA) is 86.7 Å². The Morgan fingerprint density at radius 2 is 1.15 bits per heavy atom. The van der Waals surface area contributed by atoms with E-state index in [1.807, 2.05) is 60.4 Å². The molecule has 10 rings (SSSR count). The zero-order chi connectivity index (χ0) is 61.4. The van der Waals surface area contributed by atoms with E-state index in [0.717, 1.165) is 47.9 Å². The number of fused-ring (bicyclic) bond motifs is 4. The fourth-order valence-corrected chi connectivity index (χ4v) is 9.41. The summed E-state index contributed by atoms with van der Waals surface area (Å²) in [6.45, 7) is 1.16. The van der Waals surface area contributed by atoms with E-state index in [4.69, 9.17) is 13.6 Å². The SMILES string of the molecule is CC(=O)c1ccc(CC2CCCCC#CC2(F)F)cc1.COC1Cc2ccccc2C#Cc2ccccc21.[2H]C(=O)CC1CCCCC#CC1(F)F.[2H]C(=O)COC1CCC#CC(F)(F)CC1.[2H]C1C(=O)c2ccccc2C#Cc2ccccc21.[Lr].[Lr].[Lr]. The number of hydrogen-bond acceptors (Lipinski definition) is 6. The Hall–Kier alpha value is -10.9. The maximum absolute atomic E-state index is 14.0. The summed E-state index contributed by atoms with van der Waals surface area (Å²) >= 11 is 0. The zero-order valence-corrected chi connectivity index (χ0v) is 53.2. The van der Waals surface area contributed by atoms with E-state index < -0.39 is 48.5 Å². The number of ether oxygens (including phenoxy) is 2. The molecule has 5 unspecified atom stereocenters. The number of aldehydes is 2. The van der Waals surface area contributed by atoms with Gasteiger partial charge in [-0.25, -0.2) is 0 Å². The summed E-state index contributed by atoms with van der Waals surface area (Å²) in [7, 11) is 1.76. The van der Waals surface area contributed by atoms with Crippen LogP contribution in [0.3, 0.4) is 0 Å². The molecule has 0 N–H and O–H groups in total. The Morgan fingerprint density at radius 3 is 1.78 bits per heavy atom. The molecule has 0 spiro atoms. The third-order valence-corrected chi connectivity index (χ3v) is 14.1. The first-order chi connectivity index (χ1) is 40.7. The van der Waals surface area contributed by atoms with E-state index >= 15 is 0 Å². The van der Waals surface area contributed by atoms with E-state index in [1.165, 1.54) is 18.1 Å². The first kappa shape index (κ1) is 63.3. The van der Waals surface area contributed by atoms with Gasteiger partial charge in [0.25, 0.3) is 0 Å². The van der Waals surface area contributed by atoms with Gasteiger partial charge in [-0.3, -0.25) is 9.59 Å². The van der Waals surface area contributed by atoms with Crippen molar-refractivity contribution < 1.29 is 59.1 Å². The van der Waals surface area contributed by atoms with Gasteiger partial charge in [-0.2, -0.15) is 26.3 Å². The van der Waals surface area contributed by atoms with Gasteiger partial charge in [0.05, 0.1) is 12.2 Å². The van der Waals surface area contributed by atoms with E-state index in [0.29, 0.717) is 67.2 Å². The average Bonchev–Trinajstić information content (AvgIpc) is 3.04. The van der Waals surface area contributed by atoms with Crippen LogP contribution < -0.4 is 0 Å². The Labute approximate surface area is 482 Å². The molecule has 6 nitrogen and oxygen atoms in total. The summed E-state index contributed by atoms with van der Waals surface area (Å²) in [5.74, 6) is 14.9. The van der Waals surface area contributed by atoms with Crippen molar-refractivity contribution in [3.05, 3.63) is 177 Å². The number of Topliss-reactive ketones (excluding diaryl/α,β-unsaturated/α-hetero) is 2. The van der Waals surface area contributed by atoms with Crippen molar-refractivity contribution in [1.82, 2.24) is 0 Å². The number of halogens is 6. The van der Waals surface area contributed by atoms with Crippen molar-refractivity contribution in [3.63, 3.8) is 0 Å². The van der Waals surface area contributed by atoms with Crippen LogP contribution in [0.4, 0.5) is 26.3 Å². The van der Waals surface area contributed by atoms with Crippen molar-refractivity contribution in [2.45, 2.75) is 140 Å². The maximum Gasteiger partial charge on any atom is 0.311 e. The Kier molecular flexibility index (Phi) is 25.1. The molecular formula is C70H66F6Lr3O6. The average molecular weight is 1910 g/mol. The number of methoxy groups -OCH3 is 1. The molecule has 0 bridgehead atoms. The van der Waals surface area contributed by atoms with E-state index in [-0.39, 0.29) is 56.1 Å².